The second kappa shape index (κ2) is 5.16. The summed E-state index contributed by atoms with van der Waals surface area (Å²) in [5.74, 6) is 0. The van der Waals surface area contributed by atoms with E-state index in [0.717, 1.165) is 4.90 Å². The van der Waals surface area contributed by atoms with Crippen LogP contribution in [0.3, 0.4) is 0 Å². The summed E-state index contributed by atoms with van der Waals surface area (Å²) in [7, 11) is 0. The molecule has 90 valence electrons. The second-order valence-electron chi connectivity index (χ2n) is 4.24. The van der Waals surface area contributed by atoms with Gasteiger partial charge in [-0.05, 0) is 43.7 Å². The summed E-state index contributed by atoms with van der Waals surface area (Å²) in [4.78, 5) is 2.18. The molecule has 0 radical (unpaired) electrons. The van der Waals surface area contributed by atoms with Crippen molar-refractivity contribution >= 4 is 17.4 Å². The van der Waals surface area contributed by atoms with E-state index in [9.17, 15) is 0 Å². The third-order valence-electron chi connectivity index (χ3n) is 2.69. The summed E-state index contributed by atoms with van der Waals surface area (Å²) < 4.78 is 0. The van der Waals surface area contributed by atoms with Crippen LogP contribution in [0.15, 0.2) is 46.2 Å². The predicted molar refractivity (Wildman–Crippen MR) is 75.6 cm³/mol. The van der Waals surface area contributed by atoms with Crippen LogP contribution in [0.1, 0.15) is 16.7 Å². The smallest absolute Gasteiger partial charge is 0.0992 e. The molecule has 0 saturated heterocycles. The Morgan fingerprint density at radius 1 is 1.06 bits per heavy atom. The standard InChI is InChI=1S/C15H14N2S/c1-10-3-5-14(11(2)7-10)18-15-6-4-12(9-16)8-13(15)17/h3-8H,17H2,1-2H3. The molecule has 0 aromatic heterocycles. The molecule has 0 unspecified atom stereocenters. The first kappa shape index (κ1) is 12.5. The molecule has 2 nitrogen and oxygen atoms in total. The van der Waals surface area contributed by atoms with E-state index in [0.29, 0.717) is 11.3 Å². The number of nitriles is 1. The van der Waals surface area contributed by atoms with E-state index >= 15 is 0 Å². The number of aryl methyl sites for hydroxylation is 2. The van der Waals surface area contributed by atoms with Gasteiger partial charge in [-0.15, -0.1) is 0 Å². The van der Waals surface area contributed by atoms with Crippen molar-refractivity contribution < 1.29 is 0 Å². The van der Waals surface area contributed by atoms with Crippen molar-refractivity contribution in [3.63, 3.8) is 0 Å². The Labute approximate surface area is 111 Å². The largest absolute Gasteiger partial charge is 0.398 e. The van der Waals surface area contributed by atoms with Gasteiger partial charge in [-0.3, -0.25) is 0 Å². The highest BCUT2D eigenvalue weighted by molar-refractivity contribution is 7.99. The van der Waals surface area contributed by atoms with Crippen LogP contribution in [0, 0.1) is 25.2 Å². The van der Waals surface area contributed by atoms with Gasteiger partial charge < -0.3 is 5.73 Å². The molecule has 0 saturated carbocycles. The number of rotatable bonds is 2. The lowest BCUT2D eigenvalue weighted by molar-refractivity contribution is 1.26. The topological polar surface area (TPSA) is 49.8 Å². The van der Waals surface area contributed by atoms with E-state index in [2.05, 4.69) is 38.1 Å². The lowest BCUT2D eigenvalue weighted by atomic mass is 10.2. The first-order valence-electron chi connectivity index (χ1n) is 5.65. The average molecular weight is 254 g/mol. The molecular weight excluding hydrogens is 240 g/mol. The minimum Gasteiger partial charge on any atom is -0.398 e. The second-order valence-corrected chi connectivity index (χ2v) is 5.32. The summed E-state index contributed by atoms with van der Waals surface area (Å²) >= 11 is 1.63. The molecule has 0 spiro atoms. The number of nitrogens with zero attached hydrogens (tertiary/aromatic N) is 1. The first-order valence-corrected chi connectivity index (χ1v) is 6.46. The zero-order valence-corrected chi connectivity index (χ0v) is 11.2. The lowest BCUT2D eigenvalue weighted by Crippen LogP contribution is -1.90. The molecule has 0 aliphatic heterocycles. The Kier molecular flexibility index (Phi) is 3.59. The summed E-state index contributed by atoms with van der Waals surface area (Å²) in [6, 6.07) is 13.8. The lowest BCUT2D eigenvalue weighted by Gasteiger charge is -2.08. The highest BCUT2D eigenvalue weighted by Crippen LogP contribution is 2.34. The van der Waals surface area contributed by atoms with Gasteiger partial charge in [0.25, 0.3) is 0 Å². The third-order valence-corrected chi connectivity index (χ3v) is 3.96. The van der Waals surface area contributed by atoms with E-state index < -0.39 is 0 Å². The highest BCUT2D eigenvalue weighted by atomic mass is 32.2. The average Bonchev–Trinajstić information content (AvgIpc) is 2.34. The molecule has 2 aromatic rings. The number of nitrogen functional groups attached to an aromatic ring is 1. The van der Waals surface area contributed by atoms with Gasteiger partial charge in [-0.1, -0.05) is 29.5 Å². The number of hydrogen-bond acceptors (Lipinski definition) is 3. The normalized spacial score (nSPS) is 10.1. The molecule has 0 heterocycles. The van der Waals surface area contributed by atoms with Crippen LogP contribution in [-0.2, 0) is 0 Å². The van der Waals surface area contributed by atoms with Crippen molar-refractivity contribution in [2.75, 3.05) is 5.73 Å². The van der Waals surface area contributed by atoms with E-state index in [1.54, 1.807) is 23.9 Å². The monoisotopic (exact) mass is 254 g/mol. The predicted octanol–water partition coefficient (Wildman–Crippen LogP) is 3.91. The summed E-state index contributed by atoms with van der Waals surface area (Å²) in [6.07, 6.45) is 0. The van der Waals surface area contributed by atoms with Crippen LogP contribution < -0.4 is 5.73 Å². The van der Waals surface area contributed by atoms with Crippen LogP contribution in [-0.4, -0.2) is 0 Å². The number of hydrogen-bond donors (Lipinski definition) is 1. The van der Waals surface area contributed by atoms with Crippen molar-refractivity contribution in [3.05, 3.63) is 53.1 Å². The molecule has 2 N–H and O–H groups in total. The van der Waals surface area contributed by atoms with Crippen LogP contribution >= 0.6 is 11.8 Å². The van der Waals surface area contributed by atoms with Crippen LogP contribution in [0.4, 0.5) is 5.69 Å². The van der Waals surface area contributed by atoms with E-state index in [1.807, 2.05) is 6.07 Å². The Balaban J connectivity index is 2.32. The van der Waals surface area contributed by atoms with Crippen molar-refractivity contribution in [2.45, 2.75) is 23.6 Å². The third kappa shape index (κ3) is 2.66. The minimum atomic E-state index is 0.595. The fourth-order valence-electron chi connectivity index (χ4n) is 1.74. The minimum absolute atomic E-state index is 0.595. The van der Waals surface area contributed by atoms with Gasteiger partial charge in [-0.2, -0.15) is 5.26 Å². The molecule has 0 aliphatic carbocycles. The fourth-order valence-corrected chi connectivity index (χ4v) is 2.65. The molecular formula is C15H14N2S. The van der Waals surface area contributed by atoms with E-state index in [-0.39, 0.29) is 0 Å². The molecule has 0 aliphatic rings. The molecule has 0 bridgehead atoms. The molecule has 2 aromatic carbocycles. The molecule has 3 heteroatoms. The van der Waals surface area contributed by atoms with Gasteiger partial charge in [0, 0.05) is 15.5 Å². The van der Waals surface area contributed by atoms with E-state index in [4.69, 9.17) is 11.0 Å². The molecule has 0 atom stereocenters. The summed E-state index contributed by atoms with van der Waals surface area (Å²) in [5, 5.41) is 8.80. The first-order chi connectivity index (χ1) is 8.60. The van der Waals surface area contributed by atoms with Crippen LogP contribution in [0.25, 0.3) is 0 Å². The zero-order chi connectivity index (χ0) is 13.1. The van der Waals surface area contributed by atoms with Gasteiger partial charge in [0.2, 0.25) is 0 Å². The van der Waals surface area contributed by atoms with Gasteiger partial charge in [0.1, 0.15) is 0 Å². The number of nitrogens with two attached hydrogens (primary N) is 1. The van der Waals surface area contributed by atoms with Crippen LogP contribution in [0.2, 0.25) is 0 Å². The maximum Gasteiger partial charge on any atom is 0.0992 e. The Morgan fingerprint density at radius 2 is 1.78 bits per heavy atom. The van der Waals surface area contributed by atoms with Gasteiger partial charge in [0.15, 0.2) is 0 Å². The maximum atomic E-state index is 8.80. The van der Waals surface area contributed by atoms with Gasteiger partial charge in [0.05, 0.1) is 11.6 Å². The van der Waals surface area contributed by atoms with Crippen molar-refractivity contribution in [1.29, 1.82) is 5.26 Å². The summed E-state index contributed by atoms with van der Waals surface area (Å²) in [6.45, 7) is 4.17. The van der Waals surface area contributed by atoms with Gasteiger partial charge in [-0.25, -0.2) is 0 Å². The Hall–Kier alpha value is -1.92. The molecule has 2 rings (SSSR count). The quantitative estimate of drug-likeness (QED) is 0.827. The van der Waals surface area contributed by atoms with Crippen molar-refractivity contribution in [3.8, 4) is 6.07 Å². The van der Waals surface area contributed by atoms with E-state index in [1.165, 1.54) is 16.0 Å². The molecule has 0 fully saturated rings. The molecule has 0 amide bonds. The summed E-state index contributed by atoms with van der Waals surface area (Å²) in [5.41, 5.74) is 9.69. The molecule has 18 heavy (non-hydrogen) atoms. The number of benzene rings is 2. The van der Waals surface area contributed by atoms with Gasteiger partial charge >= 0.3 is 0 Å². The van der Waals surface area contributed by atoms with Crippen LogP contribution in [0.5, 0.6) is 0 Å². The van der Waals surface area contributed by atoms with Crippen molar-refractivity contribution in [2.24, 2.45) is 0 Å². The van der Waals surface area contributed by atoms with Crippen molar-refractivity contribution in [1.82, 2.24) is 0 Å². The maximum absolute atomic E-state index is 8.80. The SMILES string of the molecule is Cc1ccc(Sc2ccc(C#N)cc2N)c(C)c1. The Bertz CT molecular complexity index is 627. The zero-order valence-electron chi connectivity index (χ0n) is 10.4. The highest BCUT2D eigenvalue weighted by Gasteiger charge is 2.05. The fraction of sp³-hybridized carbons (Fsp3) is 0.133. The Morgan fingerprint density at radius 3 is 2.39 bits per heavy atom. The number of anilines is 1.